The zero-order chi connectivity index (χ0) is 18.5. The molecule has 2 N–H and O–H groups in total. The van der Waals surface area contributed by atoms with Gasteiger partial charge in [0.15, 0.2) is 0 Å². The molecule has 26 heavy (non-hydrogen) atoms. The summed E-state index contributed by atoms with van der Waals surface area (Å²) in [6, 6.07) is 4.57. The number of imidazole rings is 1. The minimum atomic E-state index is -0.760. The van der Waals surface area contributed by atoms with E-state index in [0.29, 0.717) is 31.7 Å². The lowest BCUT2D eigenvalue weighted by atomic mass is 10.0. The first-order valence-electron chi connectivity index (χ1n) is 8.67. The molecule has 1 aliphatic heterocycles. The first kappa shape index (κ1) is 17.9. The van der Waals surface area contributed by atoms with Crippen LogP contribution in [0.2, 0.25) is 0 Å². The Kier molecular flexibility index (Phi) is 5.50. The summed E-state index contributed by atoms with van der Waals surface area (Å²) in [5.74, 6) is 0.315. The molecule has 1 aromatic heterocycles. The van der Waals surface area contributed by atoms with Gasteiger partial charge in [-0.25, -0.2) is 14.2 Å². The van der Waals surface area contributed by atoms with E-state index in [0.717, 1.165) is 12.2 Å². The van der Waals surface area contributed by atoms with Crippen LogP contribution >= 0.6 is 0 Å². The second-order valence-electron chi connectivity index (χ2n) is 6.06. The summed E-state index contributed by atoms with van der Waals surface area (Å²) in [5, 5.41) is 5.61. The summed E-state index contributed by atoms with van der Waals surface area (Å²) < 4.78 is 15.2. The first-order chi connectivity index (χ1) is 12.6. The zero-order valence-corrected chi connectivity index (χ0v) is 14.6. The molecule has 1 atom stereocenters. The van der Waals surface area contributed by atoms with Gasteiger partial charge in [0.1, 0.15) is 17.7 Å². The molecule has 2 heterocycles. The number of carbonyl (C=O) groups is 2. The molecule has 7 nitrogen and oxygen atoms in total. The smallest absolute Gasteiger partial charge is 0.318 e. The van der Waals surface area contributed by atoms with E-state index in [1.54, 1.807) is 6.20 Å². The van der Waals surface area contributed by atoms with Gasteiger partial charge in [-0.05, 0) is 17.7 Å². The fraction of sp³-hybridized carbons (Fsp3) is 0.389. The monoisotopic (exact) mass is 359 g/mol. The highest BCUT2D eigenvalue weighted by Gasteiger charge is 2.34. The van der Waals surface area contributed by atoms with Gasteiger partial charge in [-0.3, -0.25) is 4.79 Å². The molecular weight excluding hydrogens is 337 g/mol. The summed E-state index contributed by atoms with van der Waals surface area (Å²) in [6.07, 6.45) is 4.43. The molecule has 3 rings (SSSR count). The molecule has 1 fully saturated rings. The van der Waals surface area contributed by atoms with Gasteiger partial charge in [-0.2, -0.15) is 0 Å². The number of nitrogens with one attached hydrogen (secondary N) is 2. The lowest BCUT2D eigenvalue weighted by molar-refractivity contribution is -0.127. The third-order valence-electron chi connectivity index (χ3n) is 4.41. The Morgan fingerprint density at radius 2 is 2.15 bits per heavy atom. The van der Waals surface area contributed by atoms with Crippen LogP contribution in [0.15, 0.2) is 36.7 Å². The molecule has 0 radical (unpaired) electrons. The van der Waals surface area contributed by atoms with Crippen LogP contribution in [0, 0.1) is 5.82 Å². The van der Waals surface area contributed by atoms with E-state index in [2.05, 4.69) is 15.6 Å². The predicted octanol–water partition coefficient (Wildman–Crippen LogP) is 1.47. The van der Waals surface area contributed by atoms with Gasteiger partial charge in [-0.15, -0.1) is 0 Å². The van der Waals surface area contributed by atoms with E-state index in [1.165, 1.54) is 29.2 Å². The standard InChI is InChI=1S/C18H22FN5O2/c1-2-15-20-7-10-23(15)11-8-22-18(26)24-12-9-21-17(25)16(24)13-3-5-14(19)6-4-13/h3-7,10,16H,2,8-9,11-12H2,1H3,(H,21,25)(H,22,26)/t16-/m0/s1. The van der Waals surface area contributed by atoms with Crippen LogP contribution in [-0.2, 0) is 17.8 Å². The number of nitrogens with zero attached hydrogens (tertiary/aromatic N) is 3. The Hall–Kier alpha value is -2.90. The van der Waals surface area contributed by atoms with Crippen molar-refractivity contribution in [2.75, 3.05) is 19.6 Å². The fourth-order valence-corrected chi connectivity index (χ4v) is 3.10. The summed E-state index contributed by atoms with van der Waals surface area (Å²) in [4.78, 5) is 30.6. The highest BCUT2D eigenvalue weighted by Crippen LogP contribution is 2.23. The maximum Gasteiger partial charge on any atom is 0.318 e. The van der Waals surface area contributed by atoms with E-state index < -0.39 is 6.04 Å². The van der Waals surface area contributed by atoms with Crippen molar-refractivity contribution in [3.05, 3.63) is 53.9 Å². The van der Waals surface area contributed by atoms with E-state index in [9.17, 15) is 14.0 Å². The number of benzene rings is 1. The molecule has 3 amide bonds. The molecule has 1 aliphatic rings. The molecule has 2 aromatic rings. The Labute approximate surface area is 151 Å². The maximum absolute atomic E-state index is 13.2. The number of hydrogen-bond donors (Lipinski definition) is 2. The SMILES string of the molecule is CCc1nccn1CCNC(=O)N1CCNC(=O)[C@@H]1c1ccc(F)cc1. The topological polar surface area (TPSA) is 79.3 Å². The van der Waals surface area contributed by atoms with Crippen molar-refractivity contribution < 1.29 is 14.0 Å². The number of carbonyl (C=O) groups excluding carboxylic acids is 2. The zero-order valence-electron chi connectivity index (χ0n) is 14.6. The van der Waals surface area contributed by atoms with Gasteiger partial charge in [0.2, 0.25) is 5.91 Å². The predicted molar refractivity (Wildman–Crippen MR) is 93.9 cm³/mol. The highest BCUT2D eigenvalue weighted by atomic mass is 19.1. The largest absolute Gasteiger partial charge is 0.352 e. The summed E-state index contributed by atoms with van der Waals surface area (Å²) in [7, 11) is 0. The number of aryl methyl sites for hydroxylation is 1. The molecule has 0 bridgehead atoms. The van der Waals surface area contributed by atoms with E-state index in [4.69, 9.17) is 0 Å². The first-order valence-corrected chi connectivity index (χ1v) is 8.67. The van der Waals surface area contributed by atoms with Crippen molar-refractivity contribution in [1.82, 2.24) is 25.1 Å². The van der Waals surface area contributed by atoms with Crippen LogP contribution in [-0.4, -0.2) is 46.0 Å². The van der Waals surface area contributed by atoms with E-state index in [1.807, 2.05) is 17.7 Å². The maximum atomic E-state index is 13.2. The average molecular weight is 359 g/mol. The van der Waals surface area contributed by atoms with Crippen LogP contribution in [0.1, 0.15) is 24.4 Å². The van der Waals surface area contributed by atoms with Crippen LogP contribution in [0.5, 0.6) is 0 Å². The van der Waals surface area contributed by atoms with Crippen LogP contribution in [0.4, 0.5) is 9.18 Å². The molecule has 8 heteroatoms. The van der Waals surface area contributed by atoms with Crippen molar-refractivity contribution in [3.8, 4) is 0 Å². The Morgan fingerprint density at radius 1 is 1.38 bits per heavy atom. The summed E-state index contributed by atoms with van der Waals surface area (Å²) in [6.45, 7) is 3.85. The lowest BCUT2D eigenvalue weighted by Gasteiger charge is -2.35. The number of rotatable bonds is 5. The summed E-state index contributed by atoms with van der Waals surface area (Å²) >= 11 is 0. The number of aromatic nitrogens is 2. The van der Waals surface area contributed by atoms with Crippen molar-refractivity contribution in [1.29, 1.82) is 0 Å². The van der Waals surface area contributed by atoms with Gasteiger partial charge in [0.05, 0.1) is 0 Å². The van der Waals surface area contributed by atoms with Gasteiger partial charge in [0, 0.05) is 45.0 Å². The third-order valence-corrected chi connectivity index (χ3v) is 4.41. The molecule has 0 aliphatic carbocycles. The third kappa shape index (κ3) is 3.84. The van der Waals surface area contributed by atoms with Crippen molar-refractivity contribution in [2.24, 2.45) is 0 Å². The van der Waals surface area contributed by atoms with Crippen LogP contribution in [0.25, 0.3) is 0 Å². The normalized spacial score (nSPS) is 17.1. The van der Waals surface area contributed by atoms with Crippen LogP contribution < -0.4 is 10.6 Å². The Morgan fingerprint density at radius 3 is 2.88 bits per heavy atom. The van der Waals surface area contributed by atoms with Crippen molar-refractivity contribution >= 4 is 11.9 Å². The van der Waals surface area contributed by atoms with Gasteiger partial charge in [0.25, 0.3) is 0 Å². The van der Waals surface area contributed by atoms with Crippen molar-refractivity contribution in [3.63, 3.8) is 0 Å². The van der Waals surface area contributed by atoms with Gasteiger partial charge >= 0.3 is 6.03 Å². The quantitative estimate of drug-likeness (QED) is 0.848. The fourth-order valence-electron chi connectivity index (χ4n) is 3.10. The minimum Gasteiger partial charge on any atom is -0.352 e. The molecule has 0 spiro atoms. The Bertz CT molecular complexity index is 774. The lowest BCUT2D eigenvalue weighted by Crippen LogP contribution is -2.55. The molecule has 138 valence electrons. The molecule has 1 saturated heterocycles. The Balaban J connectivity index is 1.65. The van der Waals surface area contributed by atoms with E-state index in [-0.39, 0.29) is 17.8 Å². The second-order valence-corrected chi connectivity index (χ2v) is 6.06. The van der Waals surface area contributed by atoms with Gasteiger partial charge < -0.3 is 20.1 Å². The number of hydrogen-bond acceptors (Lipinski definition) is 3. The van der Waals surface area contributed by atoms with Gasteiger partial charge in [-0.1, -0.05) is 19.1 Å². The molecule has 0 saturated carbocycles. The average Bonchev–Trinajstić information content (AvgIpc) is 3.10. The number of halogens is 1. The number of piperazine rings is 1. The summed E-state index contributed by atoms with van der Waals surface area (Å²) in [5.41, 5.74) is 0.585. The molecule has 0 unspecified atom stereocenters. The van der Waals surface area contributed by atoms with Crippen LogP contribution in [0.3, 0.4) is 0 Å². The molecule has 1 aromatic carbocycles. The number of amides is 3. The minimum absolute atomic E-state index is 0.263. The molecular formula is C18H22FN5O2. The second kappa shape index (κ2) is 7.99. The van der Waals surface area contributed by atoms with E-state index >= 15 is 0 Å². The highest BCUT2D eigenvalue weighted by molar-refractivity contribution is 5.89. The number of urea groups is 1. The van der Waals surface area contributed by atoms with Crippen molar-refractivity contribution in [2.45, 2.75) is 25.9 Å².